The zero-order chi connectivity index (χ0) is 18.7. The molecule has 0 fully saturated rings. The average Bonchev–Trinajstić information content (AvgIpc) is 2.64. The van der Waals surface area contributed by atoms with E-state index in [0.717, 1.165) is 10.2 Å². The molecule has 0 aliphatic carbocycles. The molecule has 3 rings (SSSR count). The van der Waals surface area contributed by atoms with E-state index >= 15 is 0 Å². The van der Waals surface area contributed by atoms with Crippen molar-refractivity contribution >= 4 is 27.5 Å². The predicted molar refractivity (Wildman–Crippen MR) is 101 cm³/mol. The van der Waals surface area contributed by atoms with E-state index < -0.39 is 23.3 Å². The number of rotatable bonds is 4. The third-order valence-electron chi connectivity index (χ3n) is 3.83. The van der Waals surface area contributed by atoms with Crippen LogP contribution in [0.5, 0.6) is 0 Å². The monoisotopic (exact) mass is 415 g/mol. The van der Waals surface area contributed by atoms with E-state index in [4.69, 9.17) is 0 Å². The molecule has 0 saturated carbocycles. The van der Waals surface area contributed by atoms with Gasteiger partial charge < -0.3 is 5.32 Å². The summed E-state index contributed by atoms with van der Waals surface area (Å²) in [7, 11) is 0. The lowest BCUT2D eigenvalue weighted by Crippen LogP contribution is -2.33. The average molecular weight is 416 g/mol. The Hall–Kier alpha value is -2.80. The van der Waals surface area contributed by atoms with Crippen molar-refractivity contribution in [3.05, 3.63) is 81.3 Å². The first kappa shape index (κ1) is 18.0. The summed E-state index contributed by atoms with van der Waals surface area (Å²) >= 11 is 3.16. The quantitative estimate of drug-likeness (QED) is 0.699. The number of amides is 1. The van der Waals surface area contributed by atoms with Crippen molar-refractivity contribution in [2.24, 2.45) is 0 Å². The molecule has 5 nitrogen and oxygen atoms in total. The van der Waals surface area contributed by atoms with Gasteiger partial charge in [-0.3, -0.25) is 9.59 Å². The van der Waals surface area contributed by atoms with Crippen molar-refractivity contribution < 1.29 is 9.18 Å². The molecular formula is C19H15BrFN3O2. The number of halogens is 2. The first-order chi connectivity index (χ1) is 12.5. The second-order valence-corrected chi connectivity index (χ2v) is 6.57. The lowest BCUT2D eigenvalue weighted by atomic mass is 10.1. The first-order valence-corrected chi connectivity index (χ1v) is 8.66. The van der Waals surface area contributed by atoms with E-state index in [0.29, 0.717) is 10.2 Å². The van der Waals surface area contributed by atoms with Crippen LogP contribution in [0.2, 0.25) is 0 Å². The molecule has 132 valence electrons. The number of carbonyl (C=O) groups is 1. The van der Waals surface area contributed by atoms with Crippen molar-refractivity contribution in [1.29, 1.82) is 0 Å². The zero-order valence-electron chi connectivity index (χ0n) is 13.8. The lowest BCUT2D eigenvalue weighted by Gasteiger charge is -2.15. The van der Waals surface area contributed by atoms with Gasteiger partial charge in [-0.05, 0) is 31.2 Å². The third kappa shape index (κ3) is 3.88. The predicted octanol–water partition coefficient (Wildman–Crippen LogP) is 4.01. The molecule has 2 aromatic carbocycles. The summed E-state index contributed by atoms with van der Waals surface area (Å²) in [6, 6.07) is 15.7. The minimum atomic E-state index is -0.908. The summed E-state index contributed by atoms with van der Waals surface area (Å²) < 4.78 is 15.6. The Kier molecular flexibility index (Phi) is 5.27. The largest absolute Gasteiger partial charge is 0.322 e. The van der Waals surface area contributed by atoms with Crippen molar-refractivity contribution in [1.82, 2.24) is 9.78 Å². The maximum atomic E-state index is 13.9. The second kappa shape index (κ2) is 7.61. The van der Waals surface area contributed by atoms with Crippen LogP contribution in [0.1, 0.15) is 13.0 Å². The van der Waals surface area contributed by atoms with Gasteiger partial charge in [0.2, 0.25) is 5.91 Å². The number of anilines is 1. The number of benzene rings is 2. The zero-order valence-corrected chi connectivity index (χ0v) is 15.4. The second-order valence-electron chi connectivity index (χ2n) is 5.66. The van der Waals surface area contributed by atoms with E-state index in [2.05, 4.69) is 26.3 Å². The topological polar surface area (TPSA) is 64.0 Å². The SMILES string of the molecule is CC(C(=O)Nc1ccc(Br)cc1F)n1nc(-c2ccccc2)ccc1=O. The molecule has 1 N–H and O–H groups in total. The molecule has 1 unspecified atom stereocenters. The molecule has 1 amide bonds. The minimum absolute atomic E-state index is 0.0392. The molecule has 3 aromatic rings. The smallest absolute Gasteiger partial charge is 0.267 e. The van der Waals surface area contributed by atoms with Crippen LogP contribution in [0.25, 0.3) is 11.3 Å². The van der Waals surface area contributed by atoms with Gasteiger partial charge in [-0.1, -0.05) is 46.3 Å². The molecule has 0 radical (unpaired) electrons. The molecule has 0 spiro atoms. The van der Waals surface area contributed by atoms with Crippen molar-refractivity contribution in [2.75, 3.05) is 5.32 Å². The number of aromatic nitrogens is 2. The number of hydrogen-bond acceptors (Lipinski definition) is 3. The molecule has 1 heterocycles. The normalized spacial score (nSPS) is 11.8. The molecule has 26 heavy (non-hydrogen) atoms. The standard InChI is InChI=1S/C19H15BrFN3O2/c1-12(19(26)22-17-8-7-14(20)11-15(17)21)24-18(25)10-9-16(23-24)13-5-3-2-4-6-13/h2-12H,1H3,(H,22,26). The number of carbonyl (C=O) groups excluding carboxylic acids is 1. The summed E-state index contributed by atoms with van der Waals surface area (Å²) in [6.07, 6.45) is 0. The van der Waals surface area contributed by atoms with Gasteiger partial charge in [-0.2, -0.15) is 5.10 Å². The van der Waals surface area contributed by atoms with E-state index in [1.54, 1.807) is 12.1 Å². The van der Waals surface area contributed by atoms with Gasteiger partial charge in [-0.15, -0.1) is 0 Å². The van der Waals surface area contributed by atoms with Gasteiger partial charge in [0.1, 0.15) is 11.9 Å². The van der Waals surface area contributed by atoms with Gasteiger partial charge in [0.05, 0.1) is 11.4 Å². The van der Waals surface area contributed by atoms with E-state index in [9.17, 15) is 14.0 Å². The highest BCUT2D eigenvalue weighted by Crippen LogP contribution is 2.21. The highest BCUT2D eigenvalue weighted by molar-refractivity contribution is 9.10. The Morgan fingerprint density at radius 1 is 1.15 bits per heavy atom. The Labute approximate surface area is 157 Å². The molecule has 7 heteroatoms. The Bertz CT molecular complexity index is 1010. The Balaban J connectivity index is 1.88. The number of hydrogen-bond donors (Lipinski definition) is 1. The summed E-state index contributed by atoms with van der Waals surface area (Å²) in [6.45, 7) is 1.54. The van der Waals surface area contributed by atoms with Crippen LogP contribution in [0.4, 0.5) is 10.1 Å². The fourth-order valence-electron chi connectivity index (χ4n) is 2.40. The van der Waals surface area contributed by atoms with Crippen LogP contribution in [0.3, 0.4) is 0 Å². The van der Waals surface area contributed by atoms with Crippen molar-refractivity contribution in [3.8, 4) is 11.3 Å². The van der Waals surface area contributed by atoms with Crippen LogP contribution in [0, 0.1) is 5.82 Å². The third-order valence-corrected chi connectivity index (χ3v) is 4.32. The fourth-order valence-corrected chi connectivity index (χ4v) is 2.74. The van der Waals surface area contributed by atoms with Gasteiger partial charge >= 0.3 is 0 Å². The van der Waals surface area contributed by atoms with E-state index in [-0.39, 0.29) is 5.69 Å². The number of nitrogens with one attached hydrogen (secondary N) is 1. The van der Waals surface area contributed by atoms with E-state index in [1.807, 2.05) is 30.3 Å². The molecule has 0 aliphatic rings. The van der Waals surface area contributed by atoms with Crippen LogP contribution in [0.15, 0.2) is 69.9 Å². The fraction of sp³-hybridized carbons (Fsp3) is 0.105. The lowest BCUT2D eigenvalue weighted by molar-refractivity contribution is -0.119. The van der Waals surface area contributed by atoms with Crippen LogP contribution >= 0.6 is 15.9 Å². The summed E-state index contributed by atoms with van der Waals surface area (Å²) in [5.41, 5.74) is 1.02. The van der Waals surface area contributed by atoms with Crippen LogP contribution < -0.4 is 10.9 Å². The van der Waals surface area contributed by atoms with Gasteiger partial charge in [-0.25, -0.2) is 9.07 Å². The molecule has 0 saturated heterocycles. The highest BCUT2D eigenvalue weighted by Gasteiger charge is 2.19. The van der Waals surface area contributed by atoms with Gasteiger partial charge in [0, 0.05) is 16.1 Å². The van der Waals surface area contributed by atoms with Gasteiger partial charge in [0.15, 0.2) is 0 Å². The number of nitrogens with zero attached hydrogens (tertiary/aromatic N) is 2. The molecule has 0 aliphatic heterocycles. The molecular weight excluding hydrogens is 401 g/mol. The van der Waals surface area contributed by atoms with Crippen molar-refractivity contribution in [2.45, 2.75) is 13.0 Å². The molecule has 1 atom stereocenters. The molecule has 0 bridgehead atoms. The Morgan fingerprint density at radius 3 is 2.58 bits per heavy atom. The van der Waals surface area contributed by atoms with Crippen LogP contribution in [-0.2, 0) is 4.79 Å². The Morgan fingerprint density at radius 2 is 1.88 bits per heavy atom. The minimum Gasteiger partial charge on any atom is -0.322 e. The summed E-state index contributed by atoms with van der Waals surface area (Å²) in [5, 5.41) is 6.77. The molecule has 1 aromatic heterocycles. The van der Waals surface area contributed by atoms with Crippen molar-refractivity contribution in [3.63, 3.8) is 0 Å². The maximum Gasteiger partial charge on any atom is 0.267 e. The highest BCUT2D eigenvalue weighted by atomic mass is 79.9. The van der Waals surface area contributed by atoms with Crippen LogP contribution in [-0.4, -0.2) is 15.7 Å². The summed E-state index contributed by atoms with van der Waals surface area (Å²) in [5.74, 6) is -1.11. The maximum absolute atomic E-state index is 13.9. The summed E-state index contributed by atoms with van der Waals surface area (Å²) in [4.78, 5) is 24.6. The van der Waals surface area contributed by atoms with E-state index in [1.165, 1.54) is 25.1 Å². The van der Waals surface area contributed by atoms with Gasteiger partial charge in [0.25, 0.3) is 5.56 Å². The first-order valence-electron chi connectivity index (χ1n) is 7.87.